The van der Waals surface area contributed by atoms with Gasteiger partial charge in [-0.1, -0.05) is 52.6 Å². The van der Waals surface area contributed by atoms with Gasteiger partial charge in [-0.2, -0.15) is 8.42 Å². The van der Waals surface area contributed by atoms with Gasteiger partial charge in [-0.15, -0.1) is 0 Å². The third kappa shape index (κ3) is 7.03. The van der Waals surface area contributed by atoms with Gasteiger partial charge in [-0.05, 0) is 44.4 Å². The van der Waals surface area contributed by atoms with E-state index in [-0.39, 0.29) is 18.1 Å². The molecule has 6 nitrogen and oxygen atoms in total. The summed E-state index contributed by atoms with van der Waals surface area (Å²) in [7, 11) is -4.91. The molecule has 0 saturated heterocycles. The molecular formula is C21H26O6PS+. The molecule has 0 amide bonds. The molecule has 2 aromatic carbocycles. The van der Waals surface area contributed by atoms with E-state index in [9.17, 15) is 17.8 Å². The average Bonchev–Trinajstić information content (AvgIpc) is 2.71. The summed E-state index contributed by atoms with van der Waals surface area (Å²) in [5, 5.41) is 0. The first-order chi connectivity index (χ1) is 13.9. The highest BCUT2D eigenvalue weighted by atomic mass is 32.2. The Bertz CT molecular complexity index is 897. The van der Waals surface area contributed by atoms with Crippen LogP contribution in [0.25, 0.3) is 0 Å². The summed E-state index contributed by atoms with van der Waals surface area (Å²) in [6.07, 6.45) is 0.965. The van der Waals surface area contributed by atoms with Crippen LogP contribution in [0.1, 0.15) is 24.5 Å². The zero-order valence-corrected chi connectivity index (χ0v) is 18.4. The van der Waals surface area contributed by atoms with Gasteiger partial charge in [0.2, 0.25) is 0 Å². The molecule has 0 heterocycles. The van der Waals surface area contributed by atoms with Gasteiger partial charge >= 0.3 is 14.4 Å². The topological polar surface area (TPSA) is 86.7 Å². The van der Waals surface area contributed by atoms with E-state index in [2.05, 4.69) is 0 Å². The second-order valence-electron chi connectivity index (χ2n) is 6.66. The number of hydrogen-bond donors (Lipinski definition) is 0. The number of benzene rings is 2. The fraction of sp³-hybridized carbons (Fsp3) is 0.381. The molecule has 0 saturated carbocycles. The Labute approximate surface area is 173 Å². The Kier molecular flexibility index (Phi) is 8.96. The molecule has 0 fully saturated rings. The molecule has 0 radical (unpaired) electrons. The molecule has 2 aromatic rings. The number of carbonyl (C=O) groups excluding carboxylic acids is 1. The predicted octanol–water partition coefficient (Wildman–Crippen LogP) is 3.91. The molecule has 0 aliphatic heterocycles. The average molecular weight is 437 g/mol. The SMILES string of the molecule is CCOC(=O)C(CCc1ccccc1)C(COS(=O)(=O)c1ccc(C)cc1)[PH+]=O. The van der Waals surface area contributed by atoms with Crippen LogP contribution in [0.4, 0.5) is 0 Å². The first-order valence-corrected chi connectivity index (χ1v) is 11.8. The van der Waals surface area contributed by atoms with E-state index in [0.29, 0.717) is 12.8 Å². The van der Waals surface area contributed by atoms with Gasteiger partial charge in [0.15, 0.2) is 5.66 Å². The number of aryl methyl sites for hydroxylation is 2. The Morgan fingerprint density at radius 1 is 1.07 bits per heavy atom. The van der Waals surface area contributed by atoms with E-state index >= 15 is 0 Å². The second kappa shape index (κ2) is 11.2. The lowest BCUT2D eigenvalue weighted by molar-refractivity contribution is -0.148. The van der Waals surface area contributed by atoms with Crippen LogP contribution in [-0.4, -0.2) is 33.3 Å². The quantitative estimate of drug-likeness (QED) is 0.301. The second-order valence-corrected chi connectivity index (χ2v) is 9.25. The Morgan fingerprint density at radius 2 is 1.72 bits per heavy atom. The fourth-order valence-electron chi connectivity index (χ4n) is 2.87. The summed E-state index contributed by atoms with van der Waals surface area (Å²) in [5.74, 6) is -1.22. The number of ether oxygens (including phenoxy) is 1. The van der Waals surface area contributed by atoms with E-state index in [1.807, 2.05) is 37.3 Å². The highest BCUT2D eigenvalue weighted by Gasteiger charge is 2.37. The van der Waals surface area contributed by atoms with Crippen molar-refractivity contribution in [3.8, 4) is 0 Å². The van der Waals surface area contributed by atoms with E-state index < -0.39 is 36.1 Å². The van der Waals surface area contributed by atoms with Crippen LogP contribution >= 0.6 is 8.46 Å². The largest absolute Gasteiger partial charge is 0.466 e. The molecule has 8 heteroatoms. The van der Waals surface area contributed by atoms with Gasteiger partial charge in [0.05, 0.1) is 11.5 Å². The van der Waals surface area contributed by atoms with Crippen LogP contribution in [0.5, 0.6) is 0 Å². The van der Waals surface area contributed by atoms with Crippen molar-refractivity contribution in [2.24, 2.45) is 5.92 Å². The van der Waals surface area contributed by atoms with Gasteiger partial charge in [0.25, 0.3) is 10.1 Å². The number of carbonyl (C=O) groups is 1. The van der Waals surface area contributed by atoms with Gasteiger partial charge in [-0.3, -0.25) is 8.98 Å². The smallest absolute Gasteiger partial charge is 0.331 e. The Morgan fingerprint density at radius 3 is 2.31 bits per heavy atom. The Balaban J connectivity index is 2.10. The number of rotatable bonds is 11. The minimum absolute atomic E-state index is 0.0213. The van der Waals surface area contributed by atoms with Crippen molar-refractivity contribution in [3.63, 3.8) is 0 Å². The van der Waals surface area contributed by atoms with E-state index in [1.54, 1.807) is 19.1 Å². The summed E-state index contributed by atoms with van der Waals surface area (Å²) in [4.78, 5) is 12.5. The highest BCUT2D eigenvalue weighted by molar-refractivity contribution is 7.86. The van der Waals surface area contributed by atoms with Crippen LogP contribution in [-0.2, 0) is 34.8 Å². The molecule has 0 aliphatic carbocycles. The first-order valence-electron chi connectivity index (χ1n) is 9.41. The zero-order chi connectivity index (χ0) is 21.3. The van der Waals surface area contributed by atoms with Crippen LogP contribution in [0, 0.1) is 12.8 Å². The molecule has 156 valence electrons. The molecular weight excluding hydrogens is 411 g/mol. The highest BCUT2D eigenvalue weighted by Crippen LogP contribution is 2.26. The number of esters is 1. The molecule has 3 atom stereocenters. The molecule has 2 rings (SSSR count). The fourth-order valence-corrected chi connectivity index (χ4v) is 4.54. The van der Waals surface area contributed by atoms with Gasteiger partial charge < -0.3 is 4.74 Å². The van der Waals surface area contributed by atoms with Gasteiger partial charge in [0, 0.05) is 0 Å². The van der Waals surface area contributed by atoms with Gasteiger partial charge in [0.1, 0.15) is 12.5 Å². The molecule has 3 unspecified atom stereocenters. The molecule has 0 aromatic heterocycles. The lowest BCUT2D eigenvalue weighted by Crippen LogP contribution is -2.31. The van der Waals surface area contributed by atoms with Crippen LogP contribution in [0.2, 0.25) is 0 Å². The van der Waals surface area contributed by atoms with Crippen molar-refractivity contribution in [1.82, 2.24) is 0 Å². The van der Waals surface area contributed by atoms with Crippen molar-refractivity contribution in [2.45, 2.75) is 37.2 Å². The van der Waals surface area contributed by atoms with Crippen molar-refractivity contribution in [1.29, 1.82) is 0 Å². The first kappa shape index (κ1) is 23.2. The Hall–Kier alpha value is -2.08. The lowest BCUT2D eigenvalue weighted by Gasteiger charge is -2.17. The van der Waals surface area contributed by atoms with E-state index in [4.69, 9.17) is 8.92 Å². The van der Waals surface area contributed by atoms with Crippen molar-refractivity contribution in [3.05, 3.63) is 65.7 Å². The van der Waals surface area contributed by atoms with Crippen molar-refractivity contribution in [2.75, 3.05) is 13.2 Å². The maximum Gasteiger partial charge on any atom is 0.331 e. The number of hydrogen-bond acceptors (Lipinski definition) is 6. The minimum atomic E-state index is -4.01. The predicted molar refractivity (Wildman–Crippen MR) is 112 cm³/mol. The van der Waals surface area contributed by atoms with Crippen molar-refractivity contribution >= 4 is 24.5 Å². The third-order valence-corrected chi connectivity index (χ3v) is 6.69. The summed E-state index contributed by atoms with van der Waals surface area (Å²) in [5.41, 5.74) is 1.17. The normalized spacial score (nSPS) is 13.7. The van der Waals surface area contributed by atoms with Crippen LogP contribution in [0.3, 0.4) is 0 Å². The van der Waals surface area contributed by atoms with Crippen molar-refractivity contribution < 1.29 is 26.7 Å². The summed E-state index contributed by atoms with van der Waals surface area (Å²) in [6, 6.07) is 15.8. The van der Waals surface area contributed by atoms with E-state index in [1.165, 1.54) is 12.1 Å². The maximum absolute atomic E-state index is 12.4. The summed E-state index contributed by atoms with van der Waals surface area (Å²) < 4.78 is 47.0. The van der Waals surface area contributed by atoms with E-state index in [0.717, 1.165) is 11.1 Å². The summed E-state index contributed by atoms with van der Waals surface area (Å²) >= 11 is 0. The van der Waals surface area contributed by atoms with Gasteiger partial charge in [-0.25, -0.2) is 0 Å². The molecule has 0 aliphatic rings. The molecule has 29 heavy (non-hydrogen) atoms. The molecule has 0 spiro atoms. The standard InChI is InChI=1S/C21H25O6PS/c1-3-26-21(22)19(14-11-17-7-5-4-6-8-17)20(28-23)15-27-29(24,25)18-12-9-16(2)10-13-18/h4-10,12-13,19-20H,3,11,14-15H2,1-2H3/p+1. The summed E-state index contributed by atoms with van der Waals surface area (Å²) in [6.45, 7) is 3.38. The molecule has 0 bridgehead atoms. The third-order valence-electron chi connectivity index (χ3n) is 4.53. The zero-order valence-electron chi connectivity index (χ0n) is 16.5. The molecule has 0 N–H and O–H groups in total. The maximum atomic E-state index is 12.4. The van der Waals surface area contributed by atoms with Crippen LogP contribution in [0.15, 0.2) is 59.5 Å². The van der Waals surface area contributed by atoms with Crippen LogP contribution < -0.4 is 0 Å². The minimum Gasteiger partial charge on any atom is -0.466 e. The monoisotopic (exact) mass is 437 g/mol. The lowest BCUT2D eigenvalue weighted by atomic mass is 9.96.